The number of carbonyl (C=O) groups is 1. The van der Waals surface area contributed by atoms with E-state index in [-0.39, 0.29) is 46.6 Å². The van der Waals surface area contributed by atoms with E-state index in [2.05, 4.69) is 9.99 Å². The van der Waals surface area contributed by atoms with Crippen LogP contribution in [0, 0.1) is 0 Å². The number of hydrogen-bond acceptors (Lipinski definition) is 2. The molecule has 0 bridgehead atoms. The zero-order chi connectivity index (χ0) is 15.6. The molecule has 0 N–H and O–H groups in total. The maximum atomic E-state index is 10.9. The summed E-state index contributed by atoms with van der Waals surface area (Å²) in [4.78, 5) is 10.9. The molecular formula is C18H37CaIO2. The van der Waals surface area contributed by atoms with Gasteiger partial charge in [-0.15, -0.1) is 0 Å². The van der Waals surface area contributed by atoms with Gasteiger partial charge < -0.3 is 5.92 Å². The summed E-state index contributed by atoms with van der Waals surface area (Å²) in [6.07, 6.45) is 20.9. The summed E-state index contributed by atoms with van der Waals surface area (Å²) in [5.41, 5.74) is 0. The normalized spacial score (nSPS) is 10.3. The first kappa shape index (κ1) is 25.7. The summed E-state index contributed by atoms with van der Waals surface area (Å²) < 4.78 is 4.60. The predicted octanol–water partition coefficient (Wildman–Crippen LogP) is 6.99. The quantitative estimate of drug-likeness (QED) is 0.143. The van der Waals surface area contributed by atoms with E-state index in [9.17, 15) is 4.79 Å². The molecule has 0 aromatic carbocycles. The molecule has 0 unspecified atom stereocenters. The molecule has 0 amide bonds. The summed E-state index contributed by atoms with van der Waals surface area (Å²) in [7, 11) is 0. The Morgan fingerprint density at radius 2 is 1.05 bits per heavy atom. The van der Waals surface area contributed by atoms with Gasteiger partial charge in [0.2, 0.25) is 0 Å². The van der Waals surface area contributed by atoms with Crippen LogP contribution in [0.15, 0.2) is 0 Å². The summed E-state index contributed by atoms with van der Waals surface area (Å²) >= 11 is 1.66. The van der Waals surface area contributed by atoms with Crippen molar-refractivity contribution >= 4 is 66.7 Å². The van der Waals surface area contributed by atoms with Gasteiger partial charge in [-0.3, -0.25) is 4.79 Å². The van der Waals surface area contributed by atoms with E-state index < -0.39 is 0 Å². The molecule has 22 heavy (non-hydrogen) atoms. The van der Waals surface area contributed by atoms with Crippen LogP contribution in [-0.2, 0) is 7.86 Å². The Kier molecular flexibility index (Phi) is 26.2. The van der Waals surface area contributed by atoms with Gasteiger partial charge in [0.25, 0.3) is 0 Å². The Bertz CT molecular complexity index is 235. The summed E-state index contributed by atoms with van der Waals surface area (Å²) in [6.45, 7) is 2.28. The van der Waals surface area contributed by atoms with E-state index in [1.807, 2.05) is 0 Å². The van der Waals surface area contributed by atoms with Crippen molar-refractivity contribution in [2.24, 2.45) is 0 Å². The number of carbonyl (C=O) groups excluding carboxylic acids is 1. The van der Waals surface area contributed by atoms with Crippen LogP contribution in [0.3, 0.4) is 0 Å². The molecule has 130 valence electrons. The van der Waals surface area contributed by atoms with Gasteiger partial charge in [0, 0.05) is 6.42 Å². The molecule has 0 spiro atoms. The van der Waals surface area contributed by atoms with E-state index in [0.717, 1.165) is 6.42 Å². The average Bonchev–Trinajstić information content (AvgIpc) is 2.50. The Morgan fingerprint density at radius 3 is 1.36 bits per heavy atom. The molecule has 0 fully saturated rings. The van der Waals surface area contributed by atoms with Crippen LogP contribution in [0.4, 0.5) is 0 Å². The van der Waals surface area contributed by atoms with Gasteiger partial charge in [-0.05, 0) is 6.42 Å². The van der Waals surface area contributed by atoms with Crippen molar-refractivity contribution in [2.45, 2.75) is 110 Å². The molecule has 0 aliphatic heterocycles. The van der Waals surface area contributed by atoms with Crippen LogP contribution in [0.1, 0.15) is 113 Å². The summed E-state index contributed by atoms with van der Waals surface area (Å²) in [5, 5.41) is 0. The number of rotatable bonds is 16. The molecule has 0 aromatic rings. The Labute approximate surface area is 185 Å². The van der Waals surface area contributed by atoms with Crippen molar-refractivity contribution in [3.05, 3.63) is 0 Å². The third kappa shape index (κ3) is 21.5. The van der Waals surface area contributed by atoms with Gasteiger partial charge >= 0.3 is 43.7 Å². The molecule has 0 radical (unpaired) electrons. The minimum absolute atomic E-state index is 0. The monoisotopic (exact) mass is 452 g/mol. The fourth-order valence-electron chi connectivity index (χ4n) is 2.68. The molecule has 0 aromatic heterocycles. The fourth-order valence-corrected chi connectivity index (χ4v) is 2.90. The first-order chi connectivity index (χ1) is 10.3. The first-order valence-corrected chi connectivity index (χ1v) is 10.0. The van der Waals surface area contributed by atoms with Crippen molar-refractivity contribution in [1.29, 1.82) is 0 Å². The second kappa shape index (κ2) is 22.5. The molecule has 0 heterocycles. The number of halogens is 1. The van der Waals surface area contributed by atoms with Crippen molar-refractivity contribution < 1.29 is 10.7 Å². The molecule has 0 saturated heterocycles. The zero-order valence-electron chi connectivity index (χ0n) is 16.7. The topological polar surface area (TPSA) is 26.3 Å². The predicted molar refractivity (Wildman–Crippen MR) is 108 cm³/mol. The molecule has 4 heteroatoms. The van der Waals surface area contributed by atoms with Crippen LogP contribution in [0.25, 0.3) is 0 Å². The summed E-state index contributed by atoms with van der Waals surface area (Å²) in [6, 6.07) is 0. The Balaban J connectivity index is -0.000000667. The van der Waals surface area contributed by atoms with Crippen molar-refractivity contribution in [1.82, 2.24) is 0 Å². The second-order valence-electron chi connectivity index (χ2n) is 6.15. The van der Waals surface area contributed by atoms with Gasteiger partial charge in [-0.2, -0.15) is 0 Å². The van der Waals surface area contributed by atoms with Crippen LogP contribution in [0.5, 0.6) is 0 Å². The minimum Gasteiger partial charge on any atom is -1.00 e. The van der Waals surface area contributed by atoms with Crippen molar-refractivity contribution in [3.8, 4) is 0 Å². The molecule has 0 aliphatic carbocycles. The third-order valence-electron chi connectivity index (χ3n) is 4.07. The molecule has 0 rings (SSSR count). The smallest absolute Gasteiger partial charge is 1.00 e. The van der Waals surface area contributed by atoms with Gasteiger partial charge in [0.05, 0.1) is 0 Å². The third-order valence-corrected chi connectivity index (χ3v) is 4.56. The first-order valence-electron chi connectivity index (χ1n) is 9.12. The van der Waals surface area contributed by atoms with E-state index in [1.165, 1.54) is 89.9 Å². The molecule has 0 atom stereocenters. The summed E-state index contributed by atoms with van der Waals surface area (Å²) in [5.74, 6) is -0.0784. The largest absolute Gasteiger partial charge is 2.00 e. The Morgan fingerprint density at radius 1 is 0.727 bits per heavy atom. The van der Waals surface area contributed by atoms with Crippen LogP contribution >= 0.6 is 23.0 Å². The van der Waals surface area contributed by atoms with E-state index >= 15 is 0 Å². The van der Waals surface area contributed by atoms with Crippen molar-refractivity contribution in [3.63, 3.8) is 0 Å². The van der Waals surface area contributed by atoms with Crippen LogP contribution in [0.2, 0.25) is 0 Å². The molecular weight excluding hydrogens is 415 g/mol. The van der Waals surface area contributed by atoms with Crippen LogP contribution < -0.4 is 0 Å². The zero-order valence-corrected chi connectivity index (χ0v) is 19.1. The van der Waals surface area contributed by atoms with Gasteiger partial charge in [-0.1, -0.05) is 96.8 Å². The average molecular weight is 452 g/mol. The maximum absolute atomic E-state index is 10.9. The second-order valence-corrected chi connectivity index (χ2v) is 6.59. The standard InChI is InChI=1S/C18H35IO2.Ca.2H/c1-2-3-4-5-6-7-8-9-10-11-12-13-14-15-16-17-18(20)21-19;;;/h2-17H2,1H3;;;/q;+2;2*-1. The number of unbranched alkanes of at least 4 members (excludes halogenated alkanes) is 14. The van der Waals surface area contributed by atoms with E-state index in [4.69, 9.17) is 0 Å². The number of hydrogen-bond donors (Lipinski definition) is 0. The van der Waals surface area contributed by atoms with Gasteiger partial charge in [0.15, 0.2) is 23.0 Å². The molecule has 0 saturated carbocycles. The fraction of sp³-hybridized carbons (Fsp3) is 0.944. The van der Waals surface area contributed by atoms with Crippen LogP contribution in [-0.4, -0.2) is 43.7 Å². The molecule has 0 aliphatic rings. The van der Waals surface area contributed by atoms with E-state index in [0.29, 0.717) is 6.42 Å². The molecule has 2 nitrogen and oxygen atoms in total. The van der Waals surface area contributed by atoms with Gasteiger partial charge in [0.1, 0.15) is 0 Å². The van der Waals surface area contributed by atoms with E-state index in [1.54, 1.807) is 23.0 Å². The maximum Gasteiger partial charge on any atom is 2.00 e. The Hall–Kier alpha value is 1.46. The minimum atomic E-state index is -0.0784. The van der Waals surface area contributed by atoms with Crippen molar-refractivity contribution in [2.75, 3.05) is 0 Å². The van der Waals surface area contributed by atoms with Gasteiger partial charge in [-0.25, -0.2) is 0 Å². The SMILES string of the molecule is CCCCCCCCCCCCCCCCCC(=O)OI.[Ca+2].[H-].[H-].